The number of nitrogens with one attached hydrogen (secondary N) is 1. The zero-order chi connectivity index (χ0) is 17.8. The van der Waals surface area contributed by atoms with E-state index < -0.39 is 5.82 Å². The van der Waals surface area contributed by atoms with Gasteiger partial charge in [0.05, 0.1) is 18.8 Å². The lowest BCUT2D eigenvalue weighted by Gasteiger charge is -2.12. The summed E-state index contributed by atoms with van der Waals surface area (Å²) in [6, 6.07) is 4.71. The average molecular weight is 346 g/mol. The number of ether oxygens (including phenoxy) is 1. The number of hydrogen-bond acceptors (Lipinski definition) is 4. The summed E-state index contributed by atoms with van der Waals surface area (Å²) in [4.78, 5) is 11.8. The van der Waals surface area contributed by atoms with Crippen LogP contribution in [0.1, 0.15) is 39.2 Å². The first kappa shape index (κ1) is 17.4. The van der Waals surface area contributed by atoms with E-state index >= 15 is 0 Å². The molecule has 1 heterocycles. The lowest BCUT2D eigenvalue weighted by atomic mass is 10.1. The minimum atomic E-state index is -0.422. The van der Waals surface area contributed by atoms with Gasteiger partial charge in [-0.2, -0.15) is 0 Å². The first-order chi connectivity index (χ1) is 12.1. The topological polar surface area (TPSA) is 69.0 Å². The normalized spacial score (nSPS) is 15.0. The first-order valence-corrected chi connectivity index (χ1v) is 8.68. The van der Waals surface area contributed by atoms with E-state index in [9.17, 15) is 9.18 Å². The van der Waals surface area contributed by atoms with Gasteiger partial charge < -0.3 is 10.1 Å². The second-order valence-electron chi connectivity index (χ2n) is 6.46. The van der Waals surface area contributed by atoms with E-state index in [0.717, 1.165) is 12.8 Å². The SMILES string of the molecule is CCOc1ccc(-c2cn([C@@H](C)CNC(=O)CC3CC3)nn2)cc1F. The van der Waals surface area contributed by atoms with Gasteiger partial charge in [-0.25, -0.2) is 9.07 Å². The van der Waals surface area contributed by atoms with Crippen LogP contribution in [0, 0.1) is 11.7 Å². The van der Waals surface area contributed by atoms with Gasteiger partial charge in [0.1, 0.15) is 5.69 Å². The molecule has 1 N–H and O–H groups in total. The Morgan fingerprint density at radius 2 is 2.28 bits per heavy atom. The first-order valence-electron chi connectivity index (χ1n) is 8.68. The summed E-state index contributed by atoms with van der Waals surface area (Å²) in [5, 5.41) is 11.1. The maximum atomic E-state index is 14.0. The van der Waals surface area contributed by atoms with Crippen LogP contribution in [0.25, 0.3) is 11.3 Å². The van der Waals surface area contributed by atoms with Gasteiger partial charge in [0.2, 0.25) is 5.91 Å². The molecule has 1 saturated carbocycles. The summed E-state index contributed by atoms with van der Waals surface area (Å²) in [6.07, 6.45) is 4.69. The molecule has 1 aromatic heterocycles. The van der Waals surface area contributed by atoms with Crippen LogP contribution < -0.4 is 10.1 Å². The van der Waals surface area contributed by atoms with E-state index in [1.165, 1.54) is 6.07 Å². The van der Waals surface area contributed by atoms with Crippen molar-refractivity contribution in [2.24, 2.45) is 5.92 Å². The van der Waals surface area contributed by atoms with Gasteiger partial charge in [0, 0.05) is 18.5 Å². The van der Waals surface area contributed by atoms with Crippen LogP contribution in [0.3, 0.4) is 0 Å². The second kappa shape index (κ2) is 7.63. The molecular formula is C18H23FN4O2. The van der Waals surface area contributed by atoms with Crippen LogP contribution in [0.4, 0.5) is 4.39 Å². The summed E-state index contributed by atoms with van der Waals surface area (Å²) in [7, 11) is 0. The van der Waals surface area contributed by atoms with E-state index in [0.29, 0.717) is 36.7 Å². The molecule has 1 aliphatic rings. The molecule has 1 atom stereocenters. The molecule has 25 heavy (non-hydrogen) atoms. The molecular weight excluding hydrogens is 323 g/mol. The Hall–Kier alpha value is -2.44. The van der Waals surface area contributed by atoms with Crippen LogP contribution >= 0.6 is 0 Å². The van der Waals surface area contributed by atoms with Crippen molar-refractivity contribution in [1.29, 1.82) is 0 Å². The van der Waals surface area contributed by atoms with Gasteiger partial charge in [-0.3, -0.25) is 4.79 Å². The standard InChI is InChI=1S/C18H23FN4O2/c1-3-25-17-7-6-14(9-15(17)19)16-11-23(22-21-16)12(2)10-20-18(24)8-13-4-5-13/h6-7,9,11-13H,3-5,8,10H2,1-2H3,(H,20,24)/t12-/m0/s1. The monoisotopic (exact) mass is 346 g/mol. The molecule has 1 aromatic carbocycles. The summed E-state index contributed by atoms with van der Waals surface area (Å²) < 4.78 is 20.9. The highest BCUT2D eigenvalue weighted by Gasteiger charge is 2.24. The Bertz CT molecular complexity index is 742. The molecule has 0 spiro atoms. The molecule has 6 nitrogen and oxygen atoms in total. The van der Waals surface area contributed by atoms with Crippen molar-refractivity contribution in [3.8, 4) is 17.0 Å². The summed E-state index contributed by atoms with van der Waals surface area (Å²) in [5.41, 5.74) is 1.22. The number of carbonyl (C=O) groups excluding carboxylic acids is 1. The minimum absolute atomic E-state index is 0.0306. The second-order valence-corrected chi connectivity index (χ2v) is 6.46. The van der Waals surface area contributed by atoms with E-state index in [-0.39, 0.29) is 17.7 Å². The number of rotatable bonds is 8. The van der Waals surface area contributed by atoms with E-state index in [1.54, 1.807) is 23.0 Å². The molecule has 3 rings (SSSR count). The third kappa shape index (κ3) is 4.55. The van der Waals surface area contributed by atoms with Gasteiger partial charge in [0.25, 0.3) is 0 Å². The zero-order valence-electron chi connectivity index (χ0n) is 14.5. The molecule has 0 aliphatic heterocycles. The van der Waals surface area contributed by atoms with Crippen molar-refractivity contribution in [2.45, 2.75) is 39.2 Å². The molecule has 0 bridgehead atoms. The van der Waals surface area contributed by atoms with Crippen LogP contribution in [-0.2, 0) is 4.79 Å². The Kier molecular flexibility index (Phi) is 5.31. The lowest BCUT2D eigenvalue weighted by molar-refractivity contribution is -0.121. The molecule has 134 valence electrons. The zero-order valence-corrected chi connectivity index (χ0v) is 14.5. The third-order valence-corrected chi connectivity index (χ3v) is 4.26. The fraction of sp³-hybridized carbons (Fsp3) is 0.500. The Morgan fingerprint density at radius 3 is 2.96 bits per heavy atom. The maximum Gasteiger partial charge on any atom is 0.220 e. The van der Waals surface area contributed by atoms with Crippen molar-refractivity contribution in [2.75, 3.05) is 13.2 Å². The van der Waals surface area contributed by atoms with Crippen LogP contribution in [0.2, 0.25) is 0 Å². The number of hydrogen-bond donors (Lipinski definition) is 1. The third-order valence-electron chi connectivity index (χ3n) is 4.26. The molecule has 1 fully saturated rings. The summed E-state index contributed by atoms with van der Waals surface area (Å²) in [5.74, 6) is 0.464. The Morgan fingerprint density at radius 1 is 1.48 bits per heavy atom. The lowest BCUT2D eigenvalue weighted by Crippen LogP contribution is -2.29. The summed E-state index contributed by atoms with van der Waals surface area (Å²) >= 11 is 0. The van der Waals surface area contributed by atoms with Crippen molar-refractivity contribution in [1.82, 2.24) is 20.3 Å². The number of nitrogens with zero attached hydrogens (tertiary/aromatic N) is 3. The minimum Gasteiger partial charge on any atom is -0.491 e. The van der Waals surface area contributed by atoms with Gasteiger partial charge in [-0.05, 0) is 50.8 Å². The molecule has 7 heteroatoms. The van der Waals surface area contributed by atoms with Crippen molar-refractivity contribution < 1.29 is 13.9 Å². The van der Waals surface area contributed by atoms with E-state index in [1.807, 2.05) is 13.8 Å². The molecule has 0 radical (unpaired) electrons. The van der Waals surface area contributed by atoms with Gasteiger partial charge in [-0.15, -0.1) is 5.10 Å². The summed E-state index contributed by atoms with van der Waals surface area (Å²) in [6.45, 7) is 4.67. The Labute approximate surface area is 146 Å². The molecule has 1 aliphatic carbocycles. The highest BCUT2D eigenvalue weighted by Crippen LogP contribution is 2.32. The van der Waals surface area contributed by atoms with Crippen LogP contribution in [0.5, 0.6) is 5.75 Å². The van der Waals surface area contributed by atoms with E-state index in [2.05, 4.69) is 15.6 Å². The van der Waals surface area contributed by atoms with E-state index in [4.69, 9.17) is 4.74 Å². The fourth-order valence-electron chi connectivity index (χ4n) is 2.57. The predicted octanol–water partition coefficient (Wildman–Crippen LogP) is 2.96. The van der Waals surface area contributed by atoms with Gasteiger partial charge in [0.15, 0.2) is 11.6 Å². The quantitative estimate of drug-likeness (QED) is 0.798. The largest absolute Gasteiger partial charge is 0.491 e. The predicted molar refractivity (Wildman–Crippen MR) is 91.6 cm³/mol. The number of benzene rings is 1. The molecule has 1 amide bonds. The Balaban J connectivity index is 1.60. The van der Waals surface area contributed by atoms with Crippen molar-refractivity contribution in [3.05, 3.63) is 30.2 Å². The fourth-order valence-corrected chi connectivity index (χ4v) is 2.57. The number of carbonyl (C=O) groups is 1. The van der Waals surface area contributed by atoms with Gasteiger partial charge >= 0.3 is 0 Å². The number of halogens is 1. The molecule has 0 unspecified atom stereocenters. The smallest absolute Gasteiger partial charge is 0.220 e. The average Bonchev–Trinajstić information content (AvgIpc) is 3.26. The van der Waals surface area contributed by atoms with Crippen molar-refractivity contribution >= 4 is 5.91 Å². The molecule has 2 aromatic rings. The van der Waals surface area contributed by atoms with Crippen LogP contribution in [0.15, 0.2) is 24.4 Å². The van der Waals surface area contributed by atoms with Crippen LogP contribution in [-0.4, -0.2) is 34.1 Å². The highest BCUT2D eigenvalue weighted by atomic mass is 19.1. The number of amides is 1. The van der Waals surface area contributed by atoms with Crippen molar-refractivity contribution in [3.63, 3.8) is 0 Å². The van der Waals surface area contributed by atoms with Gasteiger partial charge in [-0.1, -0.05) is 5.21 Å². The number of aromatic nitrogens is 3. The molecule has 0 saturated heterocycles. The highest BCUT2D eigenvalue weighted by molar-refractivity contribution is 5.76. The maximum absolute atomic E-state index is 14.0.